The fourth-order valence-corrected chi connectivity index (χ4v) is 1.62. The van der Waals surface area contributed by atoms with Gasteiger partial charge < -0.3 is 15.6 Å². The van der Waals surface area contributed by atoms with Crippen LogP contribution in [0.3, 0.4) is 0 Å². The van der Waals surface area contributed by atoms with Gasteiger partial charge in [-0.1, -0.05) is 19.1 Å². The molecule has 94 valence electrons. The monoisotopic (exact) mass is 244 g/mol. The molecule has 0 saturated carbocycles. The van der Waals surface area contributed by atoms with Crippen LogP contribution < -0.4 is 11.1 Å². The molecule has 1 atom stereocenters. The second-order valence-corrected chi connectivity index (χ2v) is 3.99. The number of aromatic nitrogens is 2. The molecule has 0 aliphatic carbocycles. The Bertz CT molecular complexity index is 522. The third kappa shape index (κ3) is 2.57. The average molecular weight is 244 g/mol. The Morgan fingerprint density at radius 3 is 2.94 bits per heavy atom. The van der Waals surface area contributed by atoms with Crippen molar-refractivity contribution in [3.05, 3.63) is 43.0 Å². The first-order valence-corrected chi connectivity index (χ1v) is 5.86. The lowest BCUT2D eigenvalue weighted by Gasteiger charge is -2.14. The number of para-hydroxylation sites is 2. The van der Waals surface area contributed by atoms with Crippen molar-refractivity contribution in [2.45, 2.75) is 19.4 Å². The van der Waals surface area contributed by atoms with E-state index in [1.165, 1.54) is 0 Å². The molecular weight excluding hydrogens is 228 g/mol. The van der Waals surface area contributed by atoms with Crippen LogP contribution >= 0.6 is 0 Å². The minimum atomic E-state index is -0.485. The first kappa shape index (κ1) is 12.3. The van der Waals surface area contributed by atoms with Gasteiger partial charge in [-0.05, 0) is 18.6 Å². The molecule has 18 heavy (non-hydrogen) atoms. The van der Waals surface area contributed by atoms with E-state index in [9.17, 15) is 4.79 Å². The molecule has 5 heteroatoms. The summed E-state index contributed by atoms with van der Waals surface area (Å²) in [4.78, 5) is 15.8. The molecule has 1 amide bonds. The number of hydrogen-bond donors (Lipinski definition) is 2. The lowest BCUT2D eigenvalue weighted by atomic mass is 10.2. The van der Waals surface area contributed by atoms with Crippen LogP contribution in [0.25, 0.3) is 5.69 Å². The Morgan fingerprint density at radius 1 is 1.50 bits per heavy atom. The van der Waals surface area contributed by atoms with E-state index in [4.69, 9.17) is 5.73 Å². The van der Waals surface area contributed by atoms with Gasteiger partial charge in [-0.15, -0.1) is 0 Å². The maximum absolute atomic E-state index is 11.8. The van der Waals surface area contributed by atoms with Gasteiger partial charge in [-0.25, -0.2) is 4.98 Å². The second kappa shape index (κ2) is 5.46. The molecule has 5 nitrogen and oxygen atoms in total. The summed E-state index contributed by atoms with van der Waals surface area (Å²) < 4.78 is 1.84. The van der Waals surface area contributed by atoms with Crippen LogP contribution in [0.4, 0.5) is 5.69 Å². The highest BCUT2D eigenvalue weighted by molar-refractivity contribution is 5.96. The number of benzene rings is 1. The molecule has 0 bridgehead atoms. The Balaban J connectivity index is 2.26. The minimum Gasteiger partial charge on any atom is -0.323 e. The maximum atomic E-state index is 11.8. The summed E-state index contributed by atoms with van der Waals surface area (Å²) in [5.74, 6) is -0.176. The molecule has 1 unspecified atom stereocenters. The normalized spacial score (nSPS) is 12.1. The number of rotatable bonds is 4. The number of amides is 1. The van der Waals surface area contributed by atoms with E-state index in [1.807, 2.05) is 42.0 Å². The van der Waals surface area contributed by atoms with Crippen molar-refractivity contribution in [3.8, 4) is 5.69 Å². The highest BCUT2D eigenvalue weighted by Crippen LogP contribution is 2.19. The summed E-state index contributed by atoms with van der Waals surface area (Å²) >= 11 is 0. The largest absolute Gasteiger partial charge is 0.323 e. The molecule has 1 heterocycles. The van der Waals surface area contributed by atoms with Crippen LogP contribution in [-0.4, -0.2) is 21.5 Å². The van der Waals surface area contributed by atoms with E-state index in [1.54, 1.807) is 12.5 Å². The van der Waals surface area contributed by atoms with Crippen LogP contribution in [0.5, 0.6) is 0 Å². The van der Waals surface area contributed by atoms with Crippen LogP contribution in [0.15, 0.2) is 43.0 Å². The second-order valence-electron chi connectivity index (χ2n) is 3.99. The fraction of sp³-hybridized carbons (Fsp3) is 0.231. The lowest BCUT2D eigenvalue weighted by molar-refractivity contribution is -0.117. The number of hydrogen-bond acceptors (Lipinski definition) is 3. The zero-order chi connectivity index (χ0) is 13.0. The van der Waals surface area contributed by atoms with Crippen molar-refractivity contribution in [1.82, 2.24) is 9.55 Å². The Morgan fingerprint density at radius 2 is 2.28 bits per heavy atom. The molecule has 3 N–H and O–H groups in total. The van der Waals surface area contributed by atoms with Crippen molar-refractivity contribution in [2.24, 2.45) is 5.73 Å². The molecular formula is C13H16N4O. The molecule has 2 rings (SSSR count). The number of imidazole rings is 1. The van der Waals surface area contributed by atoms with Gasteiger partial charge in [0.2, 0.25) is 5.91 Å². The van der Waals surface area contributed by atoms with Crippen LogP contribution in [0.2, 0.25) is 0 Å². The van der Waals surface area contributed by atoms with Crippen LogP contribution in [0.1, 0.15) is 13.3 Å². The molecule has 1 aromatic carbocycles. The summed E-state index contributed by atoms with van der Waals surface area (Å²) in [6.45, 7) is 1.88. The first-order valence-electron chi connectivity index (χ1n) is 5.86. The number of anilines is 1. The molecule has 0 radical (unpaired) electrons. The lowest BCUT2D eigenvalue weighted by Crippen LogP contribution is -2.35. The standard InChI is InChI=1S/C13H16N4O/c1-2-10(14)13(18)16-11-5-3-4-6-12(11)17-8-7-15-9-17/h3-10H,2,14H2,1H3,(H,16,18). The highest BCUT2D eigenvalue weighted by Gasteiger charge is 2.13. The molecule has 0 saturated heterocycles. The SMILES string of the molecule is CCC(N)C(=O)Nc1ccccc1-n1ccnc1. The van der Waals surface area contributed by atoms with Gasteiger partial charge in [-0.2, -0.15) is 0 Å². The maximum Gasteiger partial charge on any atom is 0.241 e. The molecule has 0 aliphatic rings. The summed E-state index contributed by atoms with van der Waals surface area (Å²) in [7, 11) is 0. The molecule has 0 aliphatic heterocycles. The zero-order valence-electron chi connectivity index (χ0n) is 10.2. The van der Waals surface area contributed by atoms with Gasteiger partial charge in [0.1, 0.15) is 0 Å². The van der Waals surface area contributed by atoms with Crippen molar-refractivity contribution >= 4 is 11.6 Å². The molecule has 0 spiro atoms. The third-order valence-corrected chi connectivity index (χ3v) is 2.72. The number of carbonyl (C=O) groups excluding carboxylic acids is 1. The van der Waals surface area contributed by atoms with Gasteiger partial charge in [0.05, 0.1) is 23.7 Å². The Hall–Kier alpha value is -2.14. The fourth-order valence-electron chi connectivity index (χ4n) is 1.62. The topological polar surface area (TPSA) is 72.9 Å². The number of nitrogens with zero attached hydrogens (tertiary/aromatic N) is 2. The Kier molecular flexibility index (Phi) is 3.74. The molecule has 2 aromatic rings. The van der Waals surface area contributed by atoms with Crippen molar-refractivity contribution < 1.29 is 4.79 Å². The predicted octanol–water partition coefficient (Wildman–Crippen LogP) is 1.55. The van der Waals surface area contributed by atoms with Crippen molar-refractivity contribution in [1.29, 1.82) is 0 Å². The molecule has 0 fully saturated rings. The van der Waals surface area contributed by atoms with Gasteiger partial charge in [0.15, 0.2) is 0 Å². The zero-order valence-corrected chi connectivity index (χ0v) is 10.2. The van der Waals surface area contributed by atoms with E-state index in [-0.39, 0.29) is 5.91 Å². The number of nitrogens with one attached hydrogen (secondary N) is 1. The number of nitrogens with two attached hydrogens (primary N) is 1. The van der Waals surface area contributed by atoms with Gasteiger partial charge >= 0.3 is 0 Å². The summed E-state index contributed by atoms with van der Waals surface area (Å²) in [5.41, 5.74) is 7.30. The minimum absolute atomic E-state index is 0.176. The van der Waals surface area contributed by atoms with E-state index in [0.29, 0.717) is 6.42 Å². The van der Waals surface area contributed by atoms with E-state index in [2.05, 4.69) is 10.3 Å². The van der Waals surface area contributed by atoms with Gasteiger partial charge in [0.25, 0.3) is 0 Å². The van der Waals surface area contributed by atoms with E-state index < -0.39 is 6.04 Å². The van der Waals surface area contributed by atoms with E-state index >= 15 is 0 Å². The predicted molar refractivity (Wildman–Crippen MR) is 70.5 cm³/mol. The summed E-state index contributed by atoms with van der Waals surface area (Å²) in [6, 6.07) is 7.05. The highest BCUT2D eigenvalue weighted by atomic mass is 16.2. The Labute approximate surface area is 106 Å². The van der Waals surface area contributed by atoms with Gasteiger partial charge in [0, 0.05) is 12.4 Å². The molecule has 1 aromatic heterocycles. The summed E-state index contributed by atoms with van der Waals surface area (Å²) in [5, 5.41) is 2.84. The third-order valence-electron chi connectivity index (χ3n) is 2.72. The average Bonchev–Trinajstić information content (AvgIpc) is 2.92. The number of carbonyl (C=O) groups is 1. The first-order chi connectivity index (χ1) is 8.72. The smallest absolute Gasteiger partial charge is 0.241 e. The van der Waals surface area contributed by atoms with Crippen LogP contribution in [0, 0.1) is 0 Å². The van der Waals surface area contributed by atoms with Crippen molar-refractivity contribution in [3.63, 3.8) is 0 Å². The van der Waals surface area contributed by atoms with Crippen molar-refractivity contribution in [2.75, 3.05) is 5.32 Å². The summed E-state index contributed by atoms with van der Waals surface area (Å²) in [6.07, 6.45) is 5.81. The van der Waals surface area contributed by atoms with Crippen LogP contribution in [-0.2, 0) is 4.79 Å². The quantitative estimate of drug-likeness (QED) is 0.857. The van der Waals surface area contributed by atoms with E-state index in [0.717, 1.165) is 11.4 Å². The van der Waals surface area contributed by atoms with Gasteiger partial charge in [-0.3, -0.25) is 4.79 Å².